The van der Waals surface area contributed by atoms with Crippen molar-refractivity contribution >= 4 is 21.8 Å². The summed E-state index contributed by atoms with van der Waals surface area (Å²) in [5.41, 5.74) is 0. The maximum Gasteiger partial charge on any atom is 0.237 e. The fourth-order valence-electron chi connectivity index (χ4n) is 2.09. The number of hydrogen-bond donors (Lipinski definition) is 2. The lowest BCUT2D eigenvalue weighted by Crippen LogP contribution is -2.43. The quantitative estimate of drug-likeness (QED) is 0.743. The molecule has 1 saturated carbocycles. The maximum absolute atomic E-state index is 11.7. The number of carbonyl (C=O) groups excluding carboxylic acids is 2. The zero-order valence-electron chi connectivity index (χ0n) is 10.0. The molecule has 0 saturated heterocycles. The van der Waals surface area contributed by atoms with Gasteiger partial charge in [-0.15, -0.1) is 0 Å². The van der Waals surface area contributed by atoms with Crippen LogP contribution < -0.4 is 10.0 Å². The van der Waals surface area contributed by atoms with Crippen LogP contribution in [0.25, 0.3) is 0 Å². The zero-order chi connectivity index (χ0) is 13.1. The van der Waals surface area contributed by atoms with E-state index in [-0.39, 0.29) is 11.9 Å². The third kappa shape index (κ3) is 4.33. The Morgan fingerprint density at radius 3 is 1.94 bits per heavy atom. The molecule has 0 heterocycles. The maximum atomic E-state index is 11.7. The highest BCUT2D eigenvalue weighted by Gasteiger charge is 2.31. The van der Waals surface area contributed by atoms with Gasteiger partial charge in [0.05, 0.1) is 5.25 Å². The largest absolute Gasteiger partial charge is 0.354 e. The van der Waals surface area contributed by atoms with Crippen LogP contribution >= 0.6 is 0 Å². The third-order valence-electron chi connectivity index (χ3n) is 2.81. The SMILES string of the molecule is CC(=O)NC1CCC(S(=O)(=O)NC(C)=O)CC1. The second kappa shape index (κ2) is 5.48. The van der Waals surface area contributed by atoms with E-state index in [0.29, 0.717) is 25.7 Å². The first kappa shape index (κ1) is 14.0. The average molecular weight is 262 g/mol. The molecule has 0 atom stereocenters. The normalized spacial score (nSPS) is 25.1. The van der Waals surface area contributed by atoms with Gasteiger partial charge in [0.15, 0.2) is 0 Å². The molecule has 17 heavy (non-hydrogen) atoms. The number of hydrogen-bond acceptors (Lipinski definition) is 4. The number of amides is 2. The standard InChI is InChI=1S/C10H18N2O4S/c1-7(13)11-9-3-5-10(6-4-9)17(15,16)12-8(2)14/h9-10H,3-6H2,1-2H3,(H,11,13)(H,12,14). The van der Waals surface area contributed by atoms with Crippen molar-refractivity contribution in [3.63, 3.8) is 0 Å². The molecule has 1 rings (SSSR count). The van der Waals surface area contributed by atoms with Crippen molar-refractivity contribution in [2.24, 2.45) is 0 Å². The van der Waals surface area contributed by atoms with Crippen LogP contribution in [0.1, 0.15) is 39.5 Å². The second-order valence-corrected chi connectivity index (χ2v) is 6.34. The van der Waals surface area contributed by atoms with Gasteiger partial charge in [-0.25, -0.2) is 8.42 Å². The fraction of sp³-hybridized carbons (Fsp3) is 0.800. The molecule has 0 aliphatic heterocycles. The Hall–Kier alpha value is -1.11. The molecule has 0 bridgehead atoms. The first-order valence-electron chi connectivity index (χ1n) is 5.60. The van der Waals surface area contributed by atoms with Crippen molar-refractivity contribution < 1.29 is 18.0 Å². The molecular weight excluding hydrogens is 244 g/mol. The molecule has 0 aromatic carbocycles. The van der Waals surface area contributed by atoms with Gasteiger partial charge in [-0.1, -0.05) is 0 Å². The smallest absolute Gasteiger partial charge is 0.237 e. The van der Waals surface area contributed by atoms with Crippen molar-refractivity contribution in [2.75, 3.05) is 0 Å². The van der Waals surface area contributed by atoms with E-state index in [0.717, 1.165) is 0 Å². The van der Waals surface area contributed by atoms with Crippen molar-refractivity contribution in [3.8, 4) is 0 Å². The first-order valence-corrected chi connectivity index (χ1v) is 7.15. The van der Waals surface area contributed by atoms with Gasteiger partial charge in [0, 0.05) is 19.9 Å². The highest BCUT2D eigenvalue weighted by molar-refractivity contribution is 7.90. The van der Waals surface area contributed by atoms with Crippen molar-refractivity contribution in [1.29, 1.82) is 0 Å². The van der Waals surface area contributed by atoms with Crippen LogP contribution in [0.5, 0.6) is 0 Å². The van der Waals surface area contributed by atoms with E-state index in [2.05, 4.69) is 5.32 Å². The Morgan fingerprint density at radius 1 is 1.00 bits per heavy atom. The molecule has 1 aliphatic carbocycles. The monoisotopic (exact) mass is 262 g/mol. The Labute approximate surface area is 101 Å². The van der Waals surface area contributed by atoms with Crippen LogP contribution in [-0.4, -0.2) is 31.5 Å². The minimum Gasteiger partial charge on any atom is -0.354 e. The average Bonchev–Trinajstić information content (AvgIpc) is 2.15. The molecule has 0 aromatic heterocycles. The van der Waals surface area contributed by atoms with E-state index in [9.17, 15) is 18.0 Å². The number of carbonyl (C=O) groups is 2. The molecule has 0 radical (unpaired) electrons. The lowest BCUT2D eigenvalue weighted by Gasteiger charge is -2.28. The van der Waals surface area contributed by atoms with Crippen LogP contribution in [0.15, 0.2) is 0 Å². The third-order valence-corrected chi connectivity index (χ3v) is 4.73. The van der Waals surface area contributed by atoms with Gasteiger partial charge in [0.2, 0.25) is 21.8 Å². The van der Waals surface area contributed by atoms with E-state index < -0.39 is 21.2 Å². The molecule has 7 heteroatoms. The summed E-state index contributed by atoms with van der Waals surface area (Å²) in [4.78, 5) is 21.6. The van der Waals surface area contributed by atoms with Crippen LogP contribution in [0.3, 0.4) is 0 Å². The Morgan fingerprint density at radius 2 is 1.53 bits per heavy atom. The molecule has 2 amide bonds. The molecule has 0 spiro atoms. The van der Waals surface area contributed by atoms with Gasteiger partial charge in [-0.3, -0.25) is 14.3 Å². The zero-order valence-corrected chi connectivity index (χ0v) is 10.8. The molecule has 1 aliphatic rings. The van der Waals surface area contributed by atoms with Crippen LogP contribution in [0.2, 0.25) is 0 Å². The minimum atomic E-state index is -3.55. The minimum absolute atomic E-state index is 0.0521. The van der Waals surface area contributed by atoms with Gasteiger partial charge in [-0.2, -0.15) is 0 Å². The fourth-order valence-corrected chi connectivity index (χ4v) is 3.55. The summed E-state index contributed by atoms with van der Waals surface area (Å²) < 4.78 is 25.4. The van der Waals surface area contributed by atoms with E-state index in [1.165, 1.54) is 13.8 Å². The van der Waals surface area contributed by atoms with Crippen LogP contribution in [-0.2, 0) is 19.6 Å². The Bertz CT molecular complexity index is 397. The summed E-state index contributed by atoms with van der Waals surface area (Å²) in [7, 11) is -3.55. The van der Waals surface area contributed by atoms with Crippen molar-refractivity contribution in [2.45, 2.75) is 50.8 Å². The van der Waals surface area contributed by atoms with Gasteiger partial charge in [-0.05, 0) is 25.7 Å². The highest BCUT2D eigenvalue weighted by atomic mass is 32.2. The lowest BCUT2D eigenvalue weighted by molar-refractivity contribution is -0.120. The second-order valence-electron chi connectivity index (χ2n) is 4.38. The summed E-state index contributed by atoms with van der Waals surface area (Å²) in [5.74, 6) is -0.660. The lowest BCUT2D eigenvalue weighted by atomic mass is 9.95. The summed E-state index contributed by atoms with van der Waals surface area (Å²) in [6.45, 7) is 2.63. The predicted octanol–water partition coefficient (Wildman–Crippen LogP) is -0.100. The van der Waals surface area contributed by atoms with Crippen LogP contribution in [0, 0.1) is 0 Å². The number of sulfonamides is 1. The first-order chi connectivity index (χ1) is 7.81. The van der Waals surface area contributed by atoms with Gasteiger partial charge in [0.25, 0.3) is 0 Å². The van der Waals surface area contributed by atoms with E-state index >= 15 is 0 Å². The molecule has 98 valence electrons. The van der Waals surface area contributed by atoms with Gasteiger partial charge >= 0.3 is 0 Å². The Kier molecular flexibility index (Phi) is 4.50. The molecule has 1 fully saturated rings. The van der Waals surface area contributed by atoms with Gasteiger partial charge in [0.1, 0.15) is 0 Å². The van der Waals surface area contributed by atoms with E-state index in [1.807, 2.05) is 4.72 Å². The van der Waals surface area contributed by atoms with Crippen molar-refractivity contribution in [1.82, 2.24) is 10.0 Å². The molecule has 2 N–H and O–H groups in total. The number of nitrogens with one attached hydrogen (secondary N) is 2. The molecule has 6 nitrogen and oxygen atoms in total. The highest BCUT2D eigenvalue weighted by Crippen LogP contribution is 2.23. The topological polar surface area (TPSA) is 92.3 Å². The summed E-state index contributed by atoms with van der Waals surface area (Å²) in [5, 5.41) is 2.24. The molecule has 0 unspecified atom stereocenters. The van der Waals surface area contributed by atoms with E-state index in [1.54, 1.807) is 0 Å². The summed E-state index contributed by atoms with van der Waals surface area (Å²) in [6, 6.07) is 0.0521. The predicted molar refractivity (Wildman–Crippen MR) is 62.6 cm³/mol. The van der Waals surface area contributed by atoms with Crippen LogP contribution in [0.4, 0.5) is 0 Å². The molecule has 0 aromatic rings. The Balaban J connectivity index is 2.51. The summed E-state index contributed by atoms with van der Waals surface area (Å²) in [6.07, 6.45) is 2.19. The summed E-state index contributed by atoms with van der Waals surface area (Å²) >= 11 is 0. The van der Waals surface area contributed by atoms with Gasteiger partial charge < -0.3 is 5.32 Å². The van der Waals surface area contributed by atoms with Crippen molar-refractivity contribution in [3.05, 3.63) is 0 Å². The number of rotatable bonds is 3. The molecular formula is C10H18N2O4S. The van der Waals surface area contributed by atoms with E-state index in [4.69, 9.17) is 0 Å².